The van der Waals surface area contributed by atoms with E-state index in [-0.39, 0.29) is 24.4 Å². The Hall–Kier alpha value is -1.82. The monoisotopic (exact) mass is 422 g/mol. The number of carbonyl (C=O) groups excluding carboxylic acids is 1. The van der Waals surface area contributed by atoms with Crippen molar-refractivity contribution in [2.75, 3.05) is 23.7 Å². The SMILES string of the molecule is CC(C)C(Nc1ncccc1C(=O)Nc1cccc(Cl)c1)C1CCNCC1.Cl. The van der Waals surface area contributed by atoms with Gasteiger partial charge in [0.25, 0.3) is 5.91 Å². The third-order valence-electron chi connectivity index (χ3n) is 5.05. The van der Waals surface area contributed by atoms with E-state index in [9.17, 15) is 4.79 Å². The fraction of sp³-hybridized carbons (Fsp3) is 0.429. The molecular formula is C21H28Cl2N4O. The van der Waals surface area contributed by atoms with Crippen molar-refractivity contribution in [1.82, 2.24) is 10.3 Å². The zero-order chi connectivity index (χ0) is 19.2. The predicted molar refractivity (Wildman–Crippen MR) is 119 cm³/mol. The van der Waals surface area contributed by atoms with E-state index in [2.05, 4.69) is 34.8 Å². The van der Waals surface area contributed by atoms with Crippen LogP contribution in [0.15, 0.2) is 42.6 Å². The van der Waals surface area contributed by atoms with Gasteiger partial charge in [0.2, 0.25) is 0 Å². The highest BCUT2D eigenvalue weighted by Crippen LogP contribution is 2.26. The molecule has 1 aromatic heterocycles. The van der Waals surface area contributed by atoms with Crippen LogP contribution in [0.2, 0.25) is 5.02 Å². The number of carbonyl (C=O) groups is 1. The van der Waals surface area contributed by atoms with Crippen LogP contribution in [0.3, 0.4) is 0 Å². The van der Waals surface area contributed by atoms with E-state index in [0.29, 0.717) is 33.9 Å². The van der Waals surface area contributed by atoms with E-state index in [1.54, 1.807) is 30.5 Å². The molecule has 0 aliphatic carbocycles. The van der Waals surface area contributed by atoms with Gasteiger partial charge in [0.1, 0.15) is 5.82 Å². The Bertz CT molecular complexity index is 779. The average molecular weight is 423 g/mol. The second-order valence-electron chi connectivity index (χ2n) is 7.37. The first-order chi connectivity index (χ1) is 13.0. The summed E-state index contributed by atoms with van der Waals surface area (Å²) < 4.78 is 0. The maximum Gasteiger partial charge on any atom is 0.259 e. The highest BCUT2D eigenvalue weighted by Gasteiger charge is 2.27. The molecule has 1 saturated heterocycles. The molecule has 0 bridgehead atoms. The fourth-order valence-corrected chi connectivity index (χ4v) is 3.85. The summed E-state index contributed by atoms with van der Waals surface area (Å²) in [5.74, 6) is 1.45. The smallest absolute Gasteiger partial charge is 0.259 e. The molecule has 0 spiro atoms. The van der Waals surface area contributed by atoms with Gasteiger partial charge in [-0.15, -0.1) is 12.4 Å². The number of nitrogens with zero attached hydrogens (tertiary/aromatic N) is 1. The number of piperidine rings is 1. The van der Waals surface area contributed by atoms with Crippen LogP contribution in [0.1, 0.15) is 37.0 Å². The molecule has 3 rings (SSSR count). The summed E-state index contributed by atoms with van der Waals surface area (Å²) in [5.41, 5.74) is 1.21. The van der Waals surface area contributed by atoms with Gasteiger partial charge in [-0.2, -0.15) is 0 Å². The minimum atomic E-state index is -0.194. The fourth-order valence-electron chi connectivity index (χ4n) is 3.66. The highest BCUT2D eigenvalue weighted by atomic mass is 35.5. The van der Waals surface area contributed by atoms with Crippen molar-refractivity contribution < 1.29 is 4.79 Å². The van der Waals surface area contributed by atoms with Crippen LogP contribution in [-0.2, 0) is 0 Å². The van der Waals surface area contributed by atoms with Crippen molar-refractivity contribution in [3.05, 3.63) is 53.2 Å². The lowest BCUT2D eigenvalue weighted by molar-refractivity contribution is 0.102. The molecule has 28 heavy (non-hydrogen) atoms. The van der Waals surface area contributed by atoms with Gasteiger partial charge in [-0.05, 0) is 68.1 Å². The number of halogens is 2. The summed E-state index contributed by atoms with van der Waals surface area (Å²) >= 11 is 6.01. The van der Waals surface area contributed by atoms with Crippen molar-refractivity contribution in [1.29, 1.82) is 0 Å². The molecule has 0 radical (unpaired) electrons. The quantitative estimate of drug-likeness (QED) is 0.622. The summed E-state index contributed by atoms with van der Waals surface area (Å²) in [6.07, 6.45) is 3.98. The molecule has 1 amide bonds. The molecule has 1 aliphatic rings. The summed E-state index contributed by atoms with van der Waals surface area (Å²) in [6, 6.07) is 11.0. The molecule has 0 saturated carbocycles. The van der Waals surface area contributed by atoms with Crippen LogP contribution in [0.25, 0.3) is 0 Å². The van der Waals surface area contributed by atoms with Crippen molar-refractivity contribution in [2.45, 2.75) is 32.7 Å². The molecule has 2 aromatic rings. The Labute approximate surface area is 178 Å². The lowest BCUT2D eigenvalue weighted by atomic mass is 9.84. The summed E-state index contributed by atoms with van der Waals surface area (Å²) in [7, 11) is 0. The zero-order valence-electron chi connectivity index (χ0n) is 16.2. The number of amides is 1. The number of rotatable bonds is 6. The predicted octanol–water partition coefficient (Wildman–Crippen LogP) is 4.85. The average Bonchev–Trinajstić information content (AvgIpc) is 2.67. The highest BCUT2D eigenvalue weighted by molar-refractivity contribution is 6.31. The molecule has 1 fully saturated rings. The molecule has 1 unspecified atom stereocenters. The molecule has 2 heterocycles. The van der Waals surface area contributed by atoms with Gasteiger partial charge in [-0.25, -0.2) is 4.98 Å². The normalized spacial score (nSPS) is 15.6. The Morgan fingerprint density at radius 3 is 2.64 bits per heavy atom. The van der Waals surface area contributed by atoms with Crippen LogP contribution >= 0.6 is 24.0 Å². The van der Waals surface area contributed by atoms with Gasteiger partial charge in [-0.1, -0.05) is 31.5 Å². The maximum absolute atomic E-state index is 12.8. The largest absolute Gasteiger partial charge is 0.366 e. The lowest BCUT2D eigenvalue weighted by Crippen LogP contribution is -2.41. The summed E-state index contributed by atoms with van der Waals surface area (Å²) in [6.45, 7) is 6.52. The van der Waals surface area contributed by atoms with Crippen molar-refractivity contribution >= 4 is 41.4 Å². The van der Waals surface area contributed by atoms with E-state index >= 15 is 0 Å². The van der Waals surface area contributed by atoms with Crippen molar-refractivity contribution in [2.24, 2.45) is 11.8 Å². The first kappa shape index (κ1) is 22.5. The van der Waals surface area contributed by atoms with Gasteiger partial charge in [0.05, 0.1) is 5.56 Å². The summed E-state index contributed by atoms with van der Waals surface area (Å²) in [4.78, 5) is 17.3. The van der Waals surface area contributed by atoms with E-state index in [1.165, 1.54) is 0 Å². The van der Waals surface area contributed by atoms with Crippen molar-refractivity contribution in [3.63, 3.8) is 0 Å². The third-order valence-corrected chi connectivity index (χ3v) is 5.28. The number of nitrogens with one attached hydrogen (secondary N) is 3. The van der Waals surface area contributed by atoms with Gasteiger partial charge >= 0.3 is 0 Å². The number of hydrogen-bond acceptors (Lipinski definition) is 4. The second-order valence-corrected chi connectivity index (χ2v) is 7.80. The minimum Gasteiger partial charge on any atom is -0.366 e. The van der Waals surface area contributed by atoms with Crippen LogP contribution in [0.5, 0.6) is 0 Å². The number of aromatic nitrogens is 1. The van der Waals surface area contributed by atoms with E-state index in [1.807, 2.05) is 12.1 Å². The topological polar surface area (TPSA) is 66.0 Å². The minimum absolute atomic E-state index is 0. The maximum atomic E-state index is 12.8. The molecule has 1 aliphatic heterocycles. The second kappa shape index (κ2) is 10.6. The van der Waals surface area contributed by atoms with Crippen LogP contribution in [0, 0.1) is 11.8 Å². The Morgan fingerprint density at radius 1 is 1.21 bits per heavy atom. The first-order valence-corrected chi connectivity index (χ1v) is 9.91. The van der Waals surface area contributed by atoms with Crippen LogP contribution < -0.4 is 16.0 Å². The Kier molecular flexibility index (Phi) is 8.55. The Balaban J connectivity index is 0.00000280. The standard InChI is InChI=1S/C21H27ClN4O.ClH/c1-14(2)19(15-8-11-23-12-9-15)26-20-18(7-4-10-24-20)21(27)25-17-6-3-5-16(22)13-17;/h3-7,10,13-15,19,23H,8-9,11-12H2,1-2H3,(H,24,26)(H,25,27);1H. The molecule has 1 aromatic carbocycles. The summed E-state index contributed by atoms with van der Waals surface area (Å²) in [5, 5.41) is 10.5. The lowest BCUT2D eigenvalue weighted by Gasteiger charge is -2.34. The number of hydrogen-bond donors (Lipinski definition) is 3. The number of benzene rings is 1. The molecule has 152 valence electrons. The van der Waals surface area contributed by atoms with E-state index in [4.69, 9.17) is 11.6 Å². The van der Waals surface area contributed by atoms with Crippen LogP contribution in [-0.4, -0.2) is 30.0 Å². The molecule has 7 heteroatoms. The molecular weight excluding hydrogens is 395 g/mol. The van der Waals surface area contributed by atoms with Gasteiger partial charge < -0.3 is 16.0 Å². The van der Waals surface area contributed by atoms with Gasteiger partial charge in [-0.3, -0.25) is 4.79 Å². The van der Waals surface area contributed by atoms with Crippen molar-refractivity contribution in [3.8, 4) is 0 Å². The molecule has 1 atom stereocenters. The van der Waals surface area contributed by atoms with E-state index < -0.39 is 0 Å². The zero-order valence-corrected chi connectivity index (χ0v) is 17.8. The van der Waals surface area contributed by atoms with Crippen LogP contribution in [0.4, 0.5) is 11.5 Å². The number of anilines is 2. The van der Waals surface area contributed by atoms with E-state index in [0.717, 1.165) is 25.9 Å². The molecule has 5 nitrogen and oxygen atoms in total. The molecule has 3 N–H and O–H groups in total. The third kappa shape index (κ3) is 5.84. The first-order valence-electron chi connectivity index (χ1n) is 9.54. The van der Waals surface area contributed by atoms with Gasteiger partial charge in [0, 0.05) is 22.9 Å². The Morgan fingerprint density at radius 2 is 1.96 bits per heavy atom. The van der Waals surface area contributed by atoms with Gasteiger partial charge in [0.15, 0.2) is 0 Å². The number of pyridine rings is 1.